The quantitative estimate of drug-likeness (QED) is 0.872. The second-order valence-corrected chi connectivity index (χ2v) is 8.64. The molecule has 0 atom stereocenters. The molecule has 6 nitrogen and oxygen atoms in total. The van der Waals surface area contributed by atoms with Gasteiger partial charge in [0, 0.05) is 32.4 Å². The summed E-state index contributed by atoms with van der Waals surface area (Å²) >= 11 is 1.70. The molecule has 0 radical (unpaired) electrons. The van der Waals surface area contributed by atoms with Gasteiger partial charge in [-0.2, -0.15) is 0 Å². The van der Waals surface area contributed by atoms with Crippen molar-refractivity contribution in [1.82, 2.24) is 9.88 Å². The van der Waals surface area contributed by atoms with Crippen molar-refractivity contribution in [2.75, 3.05) is 31.1 Å². The molecule has 3 rings (SSSR count). The number of aliphatic hydroxyl groups excluding tert-OH is 1. The first-order valence-electron chi connectivity index (χ1n) is 8.88. The van der Waals surface area contributed by atoms with E-state index in [9.17, 15) is 9.90 Å². The summed E-state index contributed by atoms with van der Waals surface area (Å²) in [5.41, 5.74) is 0.788. The molecule has 25 heavy (non-hydrogen) atoms. The Bertz CT molecular complexity index is 642. The van der Waals surface area contributed by atoms with E-state index in [0.717, 1.165) is 37.5 Å². The van der Waals surface area contributed by atoms with E-state index in [0.29, 0.717) is 13.1 Å². The Morgan fingerprint density at radius 1 is 1.32 bits per heavy atom. The summed E-state index contributed by atoms with van der Waals surface area (Å²) in [4.78, 5) is 21.8. The van der Waals surface area contributed by atoms with Crippen LogP contribution in [0.5, 0.6) is 0 Å². The van der Waals surface area contributed by atoms with Crippen molar-refractivity contribution >= 4 is 28.1 Å². The van der Waals surface area contributed by atoms with E-state index in [1.54, 1.807) is 16.2 Å². The standard InChI is InChI=1S/C18H27N3O3S/c1-18(2,3)24-17(23)21-8-4-13(5-9-21)15-12-19-16(25-15)20-10-6-14(22)7-11-20/h4,12,14,22H,5-11H2,1-3H3. The van der Waals surface area contributed by atoms with Gasteiger partial charge >= 0.3 is 6.09 Å². The second kappa shape index (κ2) is 7.33. The van der Waals surface area contributed by atoms with Gasteiger partial charge in [0.15, 0.2) is 5.13 Å². The molecule has 138 valence electrons. The predicted octanol–water partition coefficient (Wildman–Crippen LogP) is 3.13. The molecule has 1 aromatic heterocycles. The van der Waals surface area contributed by atoms with E-state index >= 15 is 0 Å². The zero-order valence-corrected chi connectivity index (χ0v) is 16.0. The highest BCUT2D eigenvalue weighted by atomic mass is 32.1. The van der Waals surface area contributed by atoms with Crippen LogP contribution in [0.3, 0.4) is 0 Å². The summed E-state index contributed by atoms with van der Waals surface area (Å²) in [6, 6.07) is 0. The summed E-state index contributed by atoms with van der Waals surface area (Å²) < 4.78 is 5.43. The maximum absolute atomic E-state index is 12.1. The van der Waals surface area contributed by atoms with Gasteiger partial charge in [-0.3, -0.25) is 0 Å². The molecule has 0 aliphatic carbocycles. The van der Waals surface area contributed by atoms with Crippen LogP contribution in [-0.4, -0.2) is 59.0 Å². The number of piperidine rings is 1. The van der Waals surface area contributed by atoms with Gasteiger partial charge in [-0.05, 0) is 45.6 Å². The Hall–Kier alpha value is -1.60. The summed E-state index contributed by atoms with van der Waals surface area (Å²) in [6.07, 6.45) is 6.05. The molecule has 1 fully saturated rings. The molecule has 1 amide bonds. The van der Waals surface area contributed by atoms with Crippen molar-refractivity contribution in [1.29, 1.82) is 0 Å². The topological polar surface area (TPSA) is 65.9 Å². The van der Waals surface area contributed by atoms with E-state index in [1.807, 2.05) is 27.0 Å². The first kappa shape index (κ1) is 18.2. The fourth-order valence-corrected chi connectivity index (χ4v) is 4.04. The number of hydrogen-bond acceptors (Lipinski definition) is 6. The number of hydrogen-bond donors (Lipinski definition) is 1. The third kappa shape index (κ3) is 4.73. The van der Waals surface area contributed by atoms with Crippen molar-refractivity contribution in [3.05, 3.63) is 17.2 Å². The molecule has 1 saturated heterocycles. The zero-order chi connectivity index (χ0) is 18.0. The normalized spacial score (nSPS) is 19.8. The first-order chi connectivity index (χ1) is 11.8. The van der Waals surface area contributed by atoms with Crippen LogP contribution < -0.4 is 4.90 Å². The van der Waals surface area contributed by atoms with Gasteiger partial charge in [-0.1, -0.05) is 17.4 Å². The number of carbonyl (C=O) groups excluding carboxylic acids is 1. The highest BCUT2D eigenvalue weighted by molar-refractivity contribution is 7.16. The average molecular weight is 365 g/mol. The van der Waals surface area contributed by atoms with Crippen LogP contribution in [0.25, 0.3) is 5.57 Å². The first-order valence-corrected chi connectivity index (χ1v) is 9.69. The minimum absolute atomic E-state index is 0.171. The van der Waals surface area contributed by atoms with Gasteiger partial charge in [0.25, 0.3) is 0 Å². The Morgan fingerprint density at radius 2 is 2.04 bits per heavy atom. The molecule has 1 N–H and O–H groups in total. The Morgan fingerprint density at radius 3 is 2.64 bits per heavy atom. The lowest BCUT2D eigenvalue weighted by atomic mass is 10.1. The molecule has 2 aliphatic rings. The fraction of sp³-hybridized carbons (Fsp3) is 0.667. The number of nitrogens with zero attached hydrogens (tertiary/aromatic N) is 3. The molecular formula is C18H27N3O3S. The van der Waals surface area contributed by atoms with Gasteiger partial charge < -0.3 is 19.6 Å². The van der Waals surface area contributed by atoms with Gasteiger partial charge in [0.2, 0.25) is 0 Å². The average Bonchev–Trinajstić information content (AvgIpc) is 3.04. The summed E-state index contributed by atoms with van der Waals surface area (Å²) in [7, 11) is 0. The number of rotatable bonds is 2. The molecular weight excluding hydrogens is 338 g/mol. The third-order valence-corrected chi connectivity index (χ3v) is 5.54. The van der Waals surface area contributed by atoms with Crippen LogP contribution in [0.1, 0.15) is 44.9 Å². The number of amides is 1. The Kier molecular flexibility index (Phi) is 5.34. The number of aliphatic hydroxyl groups is 1. The van der Waals surface area contributed by atoms with Crippen molar-refractivity contribution in [3.8, 4) is 0 Å². The van der Waals surface area contributed by atoms with Gasteiger partial charge in [-0.25, -0.2) is 9.78 Å². The monoisotopic (exact) mass is 365 g/mol. The molecule has 1 aromatic rings. The Balaban J connectivity index is 1.60. The van der Waals surface area contributed by atoms with Crippen LogP contribution in [0.4, 0.5) is 9.93 Å². The van der Waals surface area contributed by atoms with Crippen LogP contribution in [0.2, 0.25) is 0 Å². The molecule has 0 saturated carbocycles. The van der Waals surface area contributed by atoms with Crippen molar-refractivity contribution < 1.29 is 14.6 Å². The minimum atomic E-state index is -0.463. The summed E-state index contributed by atoms with van der Waals surface area (Å²) in [6.45, 7) is 8.62. The maximum atomic E-state index is 12.1. The second-order valence-electron chi connectivity index (χ2n) is 7.63. The lowest BCUT2D eigenvalue weighted by molar-refractivity contribution is 0.0270. The SMILES string of the molecule is CC(C)(C)OC(=O)N1CC=C(c2cnc(N3CCC(O)CC3)s2)CC1. The van der Waals surface area contributed by atoms with E-state index < -0.39 is 5.60 Å². The minimum Gasteiger partial charge on any atom is -0.444 e. The molecule has 7 heteroatoms. The summed E-state index contributed by atoms with van der Waals surface area (Å²) in [5, 5.41) is 10.7. The maximum Gasteiger partial charge on any atom is 0.410 e. The highest BCUT2D eigenvalue weighted by Gasteiger charge is 2.25. The molecule has 0 unspecified atom stereocenters. The van der Waals surface area contributed by atoms with Gasteiger partial charge in [0.1, 0.15) is 5.60 Å². The highest BCUT2D eigenvalue weighted by Crippen LogP contribution is 2.32. The summed E-state index contributed by atoms with van der Waals surface area (Å²) in [5.74, 6) is 0. The molecule has 0 bridgehead atoms. The van der Waals surface area contributed by atoms with E-state index in [4.69, 9.17) is 4.74 Å². The van der Waals surface area contributed by atoms with Crippen LogP contribution in [0.15, 0.2) is 12.3 Å². The molecule has 2 aliphatic heterocycles. The lowest BCUT2D eigenvalue weighted by Crippen LogP contribution is -2.39. The van der Waals surface area contributed by atoms with Crippen LogP contribution >= 0.6 is 11.3 Å². The third-order valence-electron chi connectivity index (χ3n) is 4.41. The fourth-order valence-electron chi connectivity index (χ4n) is 3.00. The van der Waals surface area contributed by atoms with Crippen LogP contribution in [0, 0.1) is 0 Å². The zero-order valence-electron chi connectivity index (χ0n) is 15.2. The van der Waals surface area contributed by atoms with Crippen molar-refractivity contribution in [3.63, 3.8) is 0 Å². The largest absolute Gasteiger partial charge is 0.444 e. The predicted molar refractivity (Wildman–Crippen MR) is 100.0 cm³/mol. The molecule has 0 spiro atoms. The van der Waals surface area contributed by atoms with E-state index in [-0.39, 0.29) is 12.2 Å². The van der Waals surface area contributed by atoms with Gasteiger partial charge in [0.05, 0.1) is 11.0 Å². The number of ether oxygens (including phenoxy) is 1. The molecule has 0 aromatic carbocycles. The smallest absolute Gasteiger partial charge is 0.410 e. The van der Waals surface area contributed by atoms with Crippen LogP contribution in [-0.2, 0) is 4.74 Å². The Labute approximate surface area is 153 Å². The number of carbonyl (C=O) groups is 1. The number of aromatic nitrogens is 1. The lowest BCUT2D eigenvalue weighted by Gasteiger charge is -2.29. The van der Waals surface area contributed by atoms with E-state index in [1.165, 1.54) is 10.5 Å². The van der Waals surface area contributed by atoms with Gasteiger partial charge in [-0.15, -0.1) is 0 Å². The number of thiazole rings is 1. The van der Waals surface area contributed by atoms with E-state index in [2.05, 4.69) is 16.0 Å². The molecule has 3 heterocycles. The van der Waals surface area contributed by atoms with Crippen molar-refractivity contribution in [2.45, 2.75) is 51.7 Å². The van der Waals surface area contributed by atoms with Crippen molar-refractivity contribution in [2.24, 2.45) is 0 Å². The number of anilines is 1.